The van der Waals surface area contributed by atoms with Crippen molar-refractivity contribution in [1.29, 1.82) is 0 Å². The number of aromatic nitrogens is 1. The number of ether oxygens (including phenoxy) is 1. The highest BCUT2D eigenvalue weighted by atomic mass is 127. The van der Waals surface area contributed by atoms with Gasteiger partial charge in [0.05, 0.1) is 13.1 Å². The van der Waals surface area contributed by atoms with Crippen LogP contribution < -0.4 is 20.3 Å². The maximum atomic E-state index is 6.01. The van der Waals surface area contributed by atoms with E-state index in [1.807, 2.05) is 24.4 Å². The first-order chi connectivity index (χ1) is 15.0. The van der Waals surface area contributed by atoms with Crippen molar-refractivity contribution in [1.82, 2.24) is 20.5 Å². The number of aryl methyl sites for hydroxylation is 1. The zero-order chi connectivity index (χ0) is 22.1. The molecule has 0 aliphatic carbocycles. The highest BCUT2D eigenvalue weighted by molar-refractivity contribution is 14.0. The first-order valence-electron chi connectivity index (χ1n) is 11.2. The number of guanidine groups is 1. The molecule has 0 saturated carbocycles. The van der Waals surface area contributed by atoms with E-state index in [0.717, 1.165) is 55.8 Å². The fraction of sp³-hybridized carbons (Fsp3) is 0.500. The number of rotatable bonds is 8. The van der Waals surface area contributed by atoms with E-state index in [1.165, 1.54) is 5.56 Å². The van der Waals surface area contributed by atoms with Gasteiger partial charge < -0.3 is 25.2 Å². The number of pyridine rings is 1. The molecule has 8 heteroatoms. The van der Waals surface area contributed by atoms with Gasteiger partial charge in [-0.3, -0.25) is 0 Å². The predicted molar refractivity (Wildman–Crippen MR) is 143 cm³/mol. The van der Waals surface area contributed by atoms with Crippen LogP contribution in [0.25, 0.3) is 0 Å². The smallest absolute Gasteiger partial charge is 0.191 e. The third-order valence-corrected chi connectivity index (χ3v) is 5.28. The summed E-state index contributed by atoms with van der Waals surface area (Å²) in [6.45, 7) is 12.4. The van der Waals surface area contributed by atoms with Gasteiger partial charge in [-0.05, 0) is 63.2 Å². The Morgan fingerprint density at radius 2 is 1.94 bits per heavy atom. The molecule has 1 saturated heterocycles. The van der Waals surface area contributed by atoms with E-state index < -0.39 is 0 Å². The summed E-state index contributed by atoms with van der Waals surface area (Å²) in [5, 5.41) is 6.71. The standard InChI is InChI=1S/C24H36N6O.HI/c1-5-25-24(27-17-20(3)31-22-8-6-7-19(2)15-22)28-18-21-9-10-26-23(16-21)30-13-11-29(4)12-14-30;/h6-10,15-16,20H,5,11-14,17-18H2,1-4H3,(H2,25,27,28);1H. The number of likely N-dealkylation sites (N-methyl/N-ethyl adjacent to an activating group) is 1. The van der Waals surface area contributed by atoms with Crippen molar-refractivity contribution < 1.29 is 4.74 Å². The van der Waals surface area contributed by atoms with Crippen molar-refractivity contribution in [2.45, 2.75) is 33.4 Å². The van der Waals surface area contributed by atoms with Gasteiger partial charge in [0.15, 0.2) is 5.96 Å². The third kappa shape index (κ3) is 8.46. The molecule has 1 fully saturated rings. The molecule has 1 aliphatic rings. The maximum absolute atomic E-state index is 6.01. The maximum Gasteiger partial charge on any atom is 0.191 e. The summed E-state index contributed by atoms with van der Waals surface area (Å²) in [5.74, 6) is 2.73. The van der Waals surface area contributed by atoms with Crippen LogP contribution in [0.2, 0.25) is 0 Å². The van der Waals surface area contributed by atoms with E-state index in [1.54, 1.807) is 0 Å². The van der Waals surface area contributed by atoms with Crippen LogP contribution in [0.3, 0.4) is 0 Å². The topological polar surface area (TPSA) is 65.0 Å². The van der Waals surface area contributed by atoms with Gasteiger partial charge in [-0.15, -0.1) is 24.0 Å². The highest BCUT2D eigenvalue weighted by Gasteiger charge is 2.15. The fourth-order valence-electron chi connectivity index (χ4n) is 3.48. The lowest BCUT2D eigenvalue weighted by Crippen LogP contribution is -2.44. The van der Waals surface area contributed by atoms with Crippen LogP contribution in [-0.4, -0.2) is 68.3 Å². The number of halogens is 1. The fourth-order valence-corrected chi connectivity index (χ4v) is 3.48. The zero-order valence-electron chi connectivity index (χ0n) is 19.7. The second-order valence-electron chi connectivity index (χ2n) is 8.13. The van der Waals surface area contributed by atoms with Crippen molar-refractivity contribution in [2.24, 2.45) is 4.99 Å². The van der Waals surface area contributed by atoms with Gasteiger partial charge >= 0.3 is 0 Å². The van der Waals surface area contributed by atoms with E-state index in [0.29, 0.717) is 13.1 Å². The lowest BCUT2D eigenvalue weighted by molar-refractivity contribution is 0.223. The van der Waals surface area contributed by atoms with E-state index in [2.05, 4.69) is 71.4 Å². The number of hydrogen-bond acceptors (Lipinski definition) is 5. The monoisotopic (exact) mass is 552 g/mol. The van der Waals surface area contributed by atoms with Crippen LogP contribution in [0.5, 0.6) is 5.75 Å². The first-order valence-corrected chi connectivity index (χ1v) is 11.2. The Labute approximate surface area is 209 Å². The Morgan fingerprint density at radius 1 is 1.16 bits per heavy atom. The quantitative estimate of drug-likeness (QED) is 0.298. The number of anilines is 1. The van der Waals surface area contributed by atoms with E-state index in [4.69, 9.17) is 9.73 Å². The Bertz CT molecular complexity index is 854. The molecule has 2 heterocycles. The average molecular weight is 553 g/mol. The number of nitrogens with zero attached hydrogens (tertiary/aromatic N) is 4. The Morgan fingerprint density at radius 3 is 2.66 bits per heavy atom. The summed E-state index contributed by atoms with van der Waals surface area (Å²) in [4.78, 5) is 14.0. The highest BCUT2D eigenvalue weighted by Crippen LogP contribution is 2.16. The van der Waals surface area contributed by atoms with Crippen molar-refractivity contribution in [3.05, 3.63) is 53.7 Å². The van der Waals surface area contributed by atoms with Gasteiger partial charge in [0.25, 0.3) is 0 Å². The molecule has 1 aliphatic heterocycles. The average Bonchev–Trinajstić information content (AvgIpc) is 2.76. The first kappa shape index (κ1) is 26.2. The zero-order valence-corrected chi connectivity index (χ0v) is 22.0. The number of hydrogen-bond donors (Lipinski definition) is 2. The third-order valence-electron chi connectivity index (χ3n) is 5.28. The second kappa shape index (κ2) is 13.5. The largest absolute Gasteiger partial charge is 0.489 e. The molecule has 0 amide bonds. The van der Waals surface area contributed by atoms with Crippen LogP contribution in [-0.2, 0) is 6.54 Å². The van der Waals surface area contributed by atoms with Crippen LogP contribution in [0, 0.1) is 6.92 Å². The van der Waals surface area contributed by atoms with Gasteiger partial charge in [0.1, 0.15) is 17.7 Å². The van der Waals surface area contributed by atoms with Gasteiger partial charge in [0.2, 0.25) is 0 Å². The molecule has 1 unspecified atom stereocenters. The van der Waals surface area contributed by atoms with Gasteiger partial charge in [-0.2, -0.15) is 0 Å². The SMILES string of the molecule is CCNC(=NCc1ccnc(N2CCN(C)CC2)c1)NCC(C)Oc1cccc(C)c1.I. The lowest BCUT2D eigenvalue weighted by Gasteiger charge is -2.33. The summed E-state index contributed by atoms with van der Waals surface area (Å²) in [7, 11) is 2.16. The summed E-state index contributed by atoms with van der Waals surface area (Å²) in [6, 6.07) is 12.3. The molecule has 176 valence electrons. The summed E-state index contributed by atoms with van der Waals surface area (Å²) in [6.07, 6.45) is 1.91. The minimum Gasteiger partial charge on any atom is -0.489 e. The Kier molecular flexibility index (Phi) is 11.0. The molecule has 2 aromatic rings. The summed E-state index contributed by atoms with van der Waals surface area (Å²) < 4.78 is 6.01. The second-order valence-corrected chi connectivity index (χ2v) is 8.13. The molecule has 0 bridgehead atoms. The summed E-state index contributed by atoms with van der Waals surface area (Å²) >= 11 is 0. The number of nitrogens with one attached hydrogen (secondary N) is 2. The van der Waals surface area contributed by atoms with Crippen LogP contribution in [0.4, 0.5) is 5.82 Å². The molecule has 7 nitrogen and oxygen atoms in total. The molecule has 1 atom stereocenters. The minimum atomic E-state index is 0. The number of piperazine rings is 1. The van der Waals surface area contributed by atoms with Crippen LogP contribution in [0.1, 0.15) is 25.0 Å². The van der Waals surface area contributed by atoms with Crippen LogP contribution in [0.15, 0.2) is 47.6 Å². The molecule has 3 rings (SSSR count). The molecule has 1 aromatic heterocycles. The Balaban J connectivity index is 0.00000363. The molecule has 2 N–H and O–H groups in total. The van der Waals surface area contributed by atoms with Crippen molar-refractivity contribution in [2.75, 3.05) is 51.2 Å². The van der Waals surface area contributed by atoms with Crippen LogP contribution >= 0.6 is 24.0 Å². The van der Waals surface area contributed by atoms with E-state index in [-0.39, 0.29) is 30.1 Å². The van der Waals surface area contributed by atoms with E-state index >= 15 is 0 Å². The predicted octanol–water partition coefficient (Wildman–Crippen LogP) is 3.28. The molecular formula is C24H37IN6O. The van der Waals surface area contributed by atoms with Crippen molar-refractivity contribution in [3.63, 3.8) is 0 Å². The minimum absolute atomic E-state index is 0. The number of benzene rings is 1. The molecular weight excluding hydrogens is 515 g/mol. The Hall–Kier alpha value is -2.07. The van der Waals surface area contributed by atoms with Gasteiger partial charge in [-0.25, -0.2) is 9.98 Å². The lowest BCUT2D eigenvalue weighted by atomic mass is 10.2. The van der Waals surface area contributed by atoms with Crippen molar-refractivity contribution in [3.8, 4) is 5.75 Å². The van der Waals surface area contributed by atoms with E-state index in [9.17, 15) is 0 Å². The normalized spacial score (nSPS) is 15.6. The number of aliphatic imine (C=N–C) groups is 1. The molecule has 1 aromatic carbocycles. The van der Waals surface area contributed by atoms with Gasteiger partial charge in [-0.1, -0.05) is 12.1 Å². The summed E-state index contributed by atoms with van der Waals surface area (Å²) in [5.41, 5.74) is 2.35. The van der Waals surface area contributed by atoms with Crippen molar-refractivity contribution >= 4 is 35.8 Å². The molecule has 0 spiro atoms. The molecule has 32 heavy (non-hydrogen) atoms. The van der Waals surface area contributed by atoms with Gasteiger partial charge in [0, 0.05) is 38.9 Å². The molecule has 0 radical (unpaired) electrons.